The Labute approximate surface area is 149 Å². The number of likely N-dealkylation sites (N-methyl/N-ethyl adjacent to an activating group) is 1. The van der Waals surface area contributed by atoms with E-state index in [1.165, 1.54) is 22.9 Å². The summed E-state index contributed by atoms with van der Waals surface area (Å²) in [4.78, 5) is 27.9. The van der Waals surface area contributed by atoms with Gasteiger partial charge in [-0.05, 0) is 6.07 Å². The number of carbonyl (C=O) groups is 2. The van der Waals surface area contributed by atoms with E-state index in [1.807, 2.05) is 0 Å². The summed E-state index contributed by atoms with van der Waals surface area (Å²) in [5.74, 6) is -0.359. The number of fused-ring (bicyclic) bond motifs is 1. The van der Waals surface area contributed by atoms with Crippen LogP contribution in [0.2, 0.25) is 0 Å². The van der Waals surface area contributed by atoms with Crippen LogP contribution in [0.15, 0.2) is 6.07 Å². The first-order valence-electron chi connectivity index (χ1n) is 7.87. The van der Waals surface area contributed by atoms with E-state index in [4.69, 9.17) is 4.74 Å². The van der Waals surface area contributed by atoms with Crippen LogP contribution in [0.4, 0.5) is 18.0 Å². The highest BCUT2D eigenvalue weighted by Gasteiger charge is 2.50. The molecule has 11 heteroatoms. The first-order chi connectivity index (χ1) is 12.1. The molecule has 2 saturated heterocycles. The molecular formula is C15H15F3N4O3S. The third-order valence-corrected chi connectivity index (χ3v) is 5.93. The van der Waals surface area contributed by atoms with Gasteiger partial charge in [0.15, 0.2) is 11.3 Å². The zero-order valence-electron chi connectivity index (χ0n) is 14.0. The summed E-state index contributed by atoms with van der Waals surface area (Å²) in [5.41, 5.74) is -1.72. The van der Waals surface area contributed by atoms with Gasteiger partial charge in [0.1, 0.15) is 4.83 Å². The van der Waals surface area contributed by atoms with Gasteiger partial charge in [-0.3, -0.25) is 9.48 Å². The first-order valence-corrected chi connectivity index (χ1v) is 8.68. The fourth-order valence-corrected chi connectivity index (χ4v) is 4.57. The number of nitrogens with zero attached hydrogens (tertiary/aromatic N) is 4. The number of thiophene rings is 1. The molecule has 1 unspecified atom stereocenters. The average molecular weight is 388 g/mol. The van der Waals surface area contributed by atoms with Crippen LogP contribution in [-0.4, -0.2) is 63.9 Å². The molecule has 2 amide bonds. The maximum atomic E-state index is 13.1. The predicted molar refractivity (Wildman–Crippen MR) is 86.0 cm³/mol. The Morgan fingerprint density at radius 2 is 2.08 bits per heavy atom. The Morgan fingerprint density at radius 3 is 2.69 bits per heavy atom. The van der Waals surface area contributed by atoms with Crippen LogP contribution in [-0.2, 0) is 18.0 Å². The van der Waals surface area contributed by atoms with Crippen LogP contribution in [0.5, 0.6) is 0 Å². The van der Waals surface area contributed by atoms with Gasteiger partial charge in [0.2, 0.25) is 0 Å². The Bertz CT molecular complexity index is 921. The lowest BCUT2D eigenvalue weighted by atomic mass is 10.0. The minimum atomic E-state index is -4.58. The maximum Gasteiger partial charge on any atom is 0.435 e. The van der Waals surface area contributed by atoms with Crippen LogP contribution in [0.3, 0.4) is 0 Å². The van der Waals surface area contributed by atoms with E-state index in [2.05, 4.69) is 5.10 Å². The second kappa shape index (κ2) is 5.35. The minimum Gasteiger partial charge on any atom is -0.439 e. The second-order valence-electron chi connectivity index (χ2n) is 6.68. The quantitative estimate of drug-likeness (QED) is 0.752. The van der Waals surface area contributed by atoms with Gasteiger partial charge in [-0.1, -0.05) is 0 Å². The van der Waals surface area contributed by atoms with Crippen molar-refractivity contribution in [2.45, 2.75) is 18.2 Å². The molecule has 2 aliphatic heterocycles. The zero-order valence-corrected chi connectivity index (χ0v) is 14.8. The highest BCUT2D eigenvalue weighted by molar-refractivity contribution is 7.20. The molecule has 1 atom stereocenters. The number of likely N-dealkylation sites (tertiary alicyclic amines) is 1. The Balaban J connectivity index is 1.61. The zero-order chi connectivity index (χ0) is 18.9. The number of amides is 2. The number of carbonyl (C=O) groups excluding carboxylic acids is 2. The van der Waals surface area contributed by atoms with Crippen LogP contribution in [0.1, 0.15) is 21.8 Å². The summed E-state index contributed by atoms with van der Waals surface area (Å²) >= 11 is 0.979. The molecule has 0 bridgehead atoms. The van der Waals surface area contributed by atoms with Crippen LogP contribution < -0.4 is 0 Å². The molecule has 2 aromatic rings. The highest BCUT2D eigenvalue weighted by Crippen LogP contribution is 2.38. The summed E-state index contributed by atoms with van der Waals surface area (Å²) in [6, 6.07) is 1.25. The summed E-state index contributed by atoms with van der Waals surface area (Å²) in [6.07, 6.45) is -4.50. The van der Waals surface area contributed by atoms with Crippen molar-refractivity contribution in [1.82, 2.24) is 19.6 Å². The molecular weight excluding hydrogens is 373 g/mol. The van der Waals surface area contributed by atoms with Crippen molar-refractivity contribution in [1.29, 1.82) is 0 Å². The second-order valence-corrected chi connectivity index (χ2v) is 7.71. The Hall–Kier alpha value is -2.30. The molecule has 2 aliphatic rings. The summed E-state index contributed by atoms with van der Waals surface area (Å²) in [6.45, 7) is 1.02. The van der Waals surface area contributed by atoms with E-state index in [0.717, 1.165) is 16.0 Å². The number of alkyl halides is 3. The summed E-state index contributed by atoms with van der Waals surface area (Å²) < 4.78 is 45.8. The van der Waals surface area contributed by atoms with E-state index in [9.17, 15) is 22.8 Å². The molecule has 0 N–H and O–H groups in total. The molecule has 4 rings (SSSR count). The number of hydrogen-bond acceptors (Lipinski definition) is 5. The number of ether oxygens (including phenoxy) is 1. The molecule has 4 heterocycles. The van der Waals surface area contributed by atoms with Crippen LogP contribution >= 0.6 is 11.3 Å². The van der Waals surface area contributed by atoms with Gasteiger partial charge in [-0.15, -0.1) is 11.3 Å². The van der Waals surface area contributed by atoms with Gasteiger partial charge < -0.3 is 14.5 Å². The van der Waals surface area contributed by atoms with Crippen molar-refractivity contribution in [2.75, 3.05) is 26.7 Å². The van der Waals surface area contributed by atoms with Crippen molar-refractivity contribution >= 4 is 33.6 Å². The first kappa shape index (κ1) is 17.1. The highest BCUT2D eigenvalue weighted by atomic mass is 32.1. The van der Waals surface area contributed by atoms with Crippen molar-refractivity contribution in [3.63, 3.8) is 0 Å². The van der Waals surface area contributed by atoms with Gasteiger partial charge in [0, 0.05) is 32.4 Å². The molecule has 2 aromatic heterocycles. The standard InChI is InChI=1S/C15H15F3N4O3S/c1-20-6-14(25-13(20)24)3-4-22(7-14)11(23)9-5-8-10(15(16,17)18)19-21(2)12(8)26-9/h5H,3-4,6-7H2,1-2H3. The lowest BCUT2D eigenvalue weighted by Crippen LogP contribution is -2.38. The Kier molecular flexibility index (Phi) is 3.52. The predicted octanol–water partition coefficient (Wildman–Crippen LogP) is 2.32. The van der Waals surface area contributed by atoms with Crippen molar-refractivity contribution in [3.05, 3.63) is 16.6 Å². The Morgan fingerprint density at radius 1 is 1.35 bits per heavy atom. The number of halogens is 3. The fourth-order valence-electron chi connectivity index (χ4n) is 3.53. The molecule has 140 valence electrons. The number of rotatable bonds is 1. The van der Waals surface area contributed by atoms with Crippen molar-refractivity contribution in [3.8, 4) is 0 Å². The van der Waals surface area contributed by atoms with Gasteiger partial charge in [0.05, 0.1) is 18.0 Å². The van der Waals surface area contributed by atoms with Crippen LogP contribution in [0, 0.1) is 0 Å². The van der Waals surface area contributed by atoms with E-state index < -0.39 is 23.6 Å². The molecule has 2 fully saturated rings. The SMILES string of the molecule is CN1CC2(CCN(C(=O)c3cc4c(C(F)(F)F)nn(C)c4s3)C2)OC1=O. The van der Waals surface area contributed by atoms with Gasteiger partial charge in [-0.25, -0.2) is 4.79 Å². The largest absolute Gasteiger partial charge is 0.439 e. The third kappa shape index (κ3) is 2.52. The molecule has 0 radical (unpaired) electrons. The van der Waals surface area contributed by atoms with Crippen molar-refractivity contribution < 1.29 is 27.5 Å². The number of aryl methyl sites for hydroxylation is 1. The lowest BCUT2D eigenvalue weighted by Gasteiger charge is -2.21. The van der Waals surface area contributed by atoms with Crippen LogP contribution in [0.25, 0.3) is 10.2 Å². The fraction of sp³-hybridized carbons (Fsp3) is 0.533. The van der Waals surface area contributed by atoms with E-state index in [-0.39, 0.29) is 22.7 Å². The summed E-state index contributed by atoms with van der Waals surface area (Å²) in [7, 11) is 3.04. The normalized spacial score (nSPS) is 23.5. The molecule has 1 spiro atoms. The van der Waals surface area contributed by atoms with Gasteiger partial charge >= 0.3 is 12.3 Å². The minimum absolute atomic E-state index is 0.0747. The van der Waals surface area contributed by atoms with Gasteiger partial charge in [0.25, 0.3) is 5.91 Å². The topological polar surface area (TPSA) is 67.7 Å². The monoisotopic (exact) mass is 388 g/mol. The molecule has 0 aromatic carbocycles. The molecule has 7 nitrogen and oxygen atoms in total. The van der Waals surface area contributed by atoms with E-state index in [1.54, 1.807) is 7.05 Å². The molecule has 26 heavy (non-hydrogen) atoms. The van der Waals surface area contributed by atoms with Crippen molar-refractivity contribution in [2.24, 2.45) is 7.05 Å². The molecule has 0 aliphatic carbocycles. The lowest BCUT2D eigenvalue weighted by molar-refractivity contribution is -0.140. The number of hydrogen-bond donors (Lipinski definition) is 0. The third-order valence-electron chi connectivity index (χ3n) is 4.74. The van der Waals surface area contributed by atoms with E-state index >= 15 is 0 Å². The maximum absolute atomic E-state index is 13.1. The van der Waals surface area contributed by atoms with E-state index in [0.29, 0.717) is 24.3 Å². The summed E-state index contributed by atoms with van der Waals surface area (Å²) in [5, 5.41) is 3.43. The average Bonchev–Trinajstić information content (AvgIpc) is 3.26. The molecule has 0 saturated carbocycles. The van der Waals surface area contributed by atoms with Gasteiger partial charge in [-0.2, -0.15) is 18.3 Å². The smallest absolute Gasteiger partial charge is 0.435 e. The number of aromatic nitrogens is 2.